The van der Waals surface area contributed by atoms with Gasteiger partial charge in [-0.05, 0) is 313 Å². The topological polar surface area (TPSA) is 240 Å². The molecule has 0 amide bonds. The van der Waals surface area contributed by atoms with E-state index in [1.165, 1.54) is 40.3 Å². The van der Waals surface area contributed by atoms with Crippen molar-refractivity contribution in [2.75, 3.05) is 32.7 Å². The Morgan fingerprint density at radius 2 is 0.779 bits per heavy atom. The highest BCUT2D eigenvalue weighted by molar-refractivity contribution is 6.33. The summed E-state index contributed by atoms with van der Waals surface area (Å²) in [6, 6.07) is 70.2. The number of unbranched alkanes of at least 4 members (excludes halogenated alkanes) is 2. The third kappa shape index (κ3) is 31.1. The van der Waals surface area contributed by atoms with E-state index in [1.54, 1.807) is 42.6 Å². The van der Waals surface area contributed by atoms with E-state index in [0.29, 0.717) is 61.7 Å². The Hall–Kier alpha value is -11.5. The number of aromatic nitrogens is 10. The molecule has 2 aliphatic heterocycles. The molecule has 2 fully saturated rings. The molecule has 23 heteroatoms. The molecule has 14 aromatic rings. The number of rotatable bonds is 36. The van der Waals surface area contributed by atoms with Gasteiger partial charge in [-0.2, -0.15) is 0 Å². The summed E-state index contributed by atoms with van der Waals surface area (Å²) in [5.41, 5.74) is 19.5. The Morgan fingerprint density at radius 1 is 0.382 bits per heavy atom. The summed E-state index contributed by atoms with van der Waals surface area (Å²) in [4.78, 5) is 50.1. The standard InChI is InChI=1S/2C28H28ClN3O.C26H30ClFN4O.C26H31ClN4O/c29-25-19-22(13-14-27(25)33)9-4-12-28-31-17-15-26(32-28)24-11-3-8-21(18-24)6-1-2-7-23-10-5-16-30-20-23;29-25-20-23(11-12-27(25)33)8-4-10-28-31-18-15-26(32-28)24-9-3-7-22(19-24)6-2-1-5-21-13-16-30-17-14-21;1-17-15-32(18(2)14-30-17)16-20-6-8-23(28)21(12-20)24-10-11-29-26(31-24)5-3-4-19-7-9-25(33)22(27)13-19;1-2-31(22-11-13-28-17-22)18-20-6-3-7-21(15-20)24-12-14-29-26(30-24)8-4-5-19-9-10-25(32)23(27)16-19/h3,5,8,10-11,13-20,33H,1-2,4,6-7,9,12H2;3,7,9,11-20,33H,1-2,4-6,8,10H2;6-13,17-18,30,33H,3-5,14-16H2,1-2H3;3,6-7,9-10,12,14-16,22,28,32H,2,4-5,8,11,13,17-18H2,1H3/t;;17-,18-;/m..0./s1. The number of pyridine rings is 2. The summed E-state index contributed by atoms with van der Waals surface area (Å²) < 4.78 is 14.7. The van der Waals surface area contributed by atoms with Crippen molar-refractivity contribution in [2.24, 2.45) is 0 Å². The van der Waals surface area contributed by atoms with Crippen LogP contribution in [0.1, 0.15) is 157 Å². The molecule has 0 bridgehead atoms. The summed E-state index contributed by atoms with van der Waals surface area (Å²) in [6.07, 6.45) is 34.9. The number of hydrogen-bond acceptors (Lipinski definition) is 18. The quantitative estimate of drug-likeness (QED) is 0.0200. The Morgan fingerprint density at radius 3 is 1.21 bits per heavy atom. The molecule has 0 aliphatic carbocycles. The molecule has 678 valence electrons. The fraction of sp³-hybridized carbons (Fsp3) is 0.315. The Labute approximate surface area is 790 Å². The summed E-state index contributed by atoms with van der Waals surface area (Å²) in [7, 11) is 0. The van der Waals surface area contributed by atoms with Crippen molar-refractivity contribution in [3.8, 4) is 68.0 Å². The second-order valence-electron chi connectivity index (χ2n) is 33.8. The minimum atomic E-state index is -0.274. The van der Waals surface area contributed by atoms with E-state index in [-0.39, 0.29) is 28.8 Å². The zero-order valence-corrected chi connectivity index (χ0v) is 77.9. The molecular formula is C108H117Cl4FN14O4. The van der Waals surface area contributed by atoms with Crippen LogP contribution >= 0.6 is 46.4 Å². The smallest absolute Gasteiger partial charge is 0.134 e. The molecule has 16 rings (SSSR count). The van der Waals surface area contributed by atoms with E-state index in [1.807, 2.05) is 122 Å². The Balaban J connectivity index is 0.000000149. The normalized spacial score (nSPS) is 14.2. The molecule has 6 aromatic heterocycles. The van der Waals surface area contributed by atoms with Crippen LogP contribution in [-0.4, -0.2) is 131 Å². The minimum Gasteiger partial charge on any atom is -0.506 e. The minimum absolute atomic E-state index is 0.0848. The number of aromatic hydroxyl groups is 4. The van der Waals surface area contributed by atoms with Crippen LogP contribution in [0.3, 0.4) is 0 Å². The van der Waals surface area contributed by atoms with Gasteiger partial charge in [-0.1, -0.05) is 144 Å². The van der Waals surface area contributed by atoms with Gasteiger partial charge in [0.2, 0.25) is 0 Å². The van der Waals surface area contributed by atoms with Gasteiger partial charge in [0.15, 0.2) is 0 Å². The number of likely N-dealkylation sites (N-methyl/N-ethyl adjacent to an activating group) is 1. The summed E-state index contributed by atoms with van der Waals surface area (Å²) in [6.45, 7) is 13.6. The number of aryl methyl sites for hydroxylation is 12. The number of phenolic OH excluding ortho intramolecular Hbond substituents is 4. The monoisotopic (exact) mass is 1830 g/mol. The average molecular weight is 1840 g/mol. The van der Waals surface area contributed by atoms with Gasteiger partial charge >= 0.3 is 0 Å². The average Bonchev–Trinajstić information content (AvgIpc) is 1.38. The van der Waals surface area contributed by atoms with Crippen LogP contribution in [0.5, 0.6) is 23.0 Å². The van der Waals surface area contributed by atoms with E-state index in [2.05, 4.69) is 167 Å². The molecule has 0 radical (unpaired) electrons. The number of phenols is 4. The van der Waals surface area contributed by atoms with Gasteiger partial charge in [0, 0.05) is 148 Å². The summed E-state index contributed by atoms with van der Waals surface area (Å²) >= 11 is 24.0. The molecule has 1 unspecified atom stereocenters. The molecular weight excluding hydrogens is 1720 g/mol. The van der Waals surface area contributed by atoms with E-state index in [4.69, 9.17) is 61.4 Å². The molecule has 6 N–H and O–H groups in total. The van der Waals surface area contributed by atoms with Crippen molar-refractivity contribution in [1.82, 2.24) is 70.3 Å². The third-order valence-electron chi connectivity index (χ3n) is 23.8. The van der Waals surface area contributed by atoms with Gasteiger partial charge in [0.1, 0.15) is 52.1 Å². The van der Waals surface area contributed by atoms with Crippen molar-refractivity contribution in [2.45, 2.75) is 187 Å². The molecule has 0 spiro atoms. The van der Waals surface area contributed by atoms with Crippen LogP contribution < -0.4 is 10.6 Å². The SMILES string of the molecule is CCN(Cc1cccc(-c2ccnc(CCCc3ccc(O)c(Cl)c3)n2)c1)C1CCNC1.C[C@H]1CN(Cc2ccc(F)c(-c3ccnc(CCCc4ccc(O)c(Cl)c4)n3)c2)[C@@H](C)CN1.Oc1ccc(CCCc2nccc(-c3cccc(CCCCc4cccnc4)c3)n2)cc1Cl.Oc1ccc(CCCc2nccc(-c3cccc(CCCCc4ccncc4)c3)n2)cc1Cl. The van der Waals surface area contributed by atoms with Crippen molar-refractivity contribution in [3.63, 3.8) is 0 Å². The highest BCUT2D eigenvalue weighted by atomic mass is 35.5. The predicted octanol–water partition coefficient (Wildman–Crippen LogP) is 23.1. The highest BCUT2D eigenvalue weighted by Crippen LogP contribution is 2.32. The van der Waals surface area contributed by atoms with E-state index >= 15 is 0 Å². The first kappa shape index (κ1) is 97.1. The van der Waals surface area contributed by atoms with Crippen LogP contribution in [-0.2, 0) is 90.1 Å². The number of hydrogen-bond donors (Lipinski definition) is 6. The number of nitrogens with zero attached hydrogens (tertiary/aromatic N) is 12. The van der Waals surface area contributed by atoms with Gasteiger partial charge in [-0.15, -0.1) is 0 Å². The third-order valence-corrected chi connectivity index (χ3v) is 25.0. The maximum Gasteiger partial charge on any atom is 0.134 e. The number of benzene rings is 8. The van der Waals surface area contributed by atoms with Gasteiger partial charge < -0.3 is 31.1 Å². The second-order valence-corrected chi connectivity index (χ2v) is 35.5. The number of halogens is 5. The summed E-state index contributed by atoms with van der Waals surface area (Å²) in [5.74, 6) is 3.40. The number of piperazine rings is 1. The first-order chi connectivity index (χ1) is 63.8. The largest absolute Gasteiger partial charge is 0.506 e. The van der Waals surface area contributed by atoms with Crippen LogP contribution in [0.4, 0.5) is 4.39 Å². The predicted molar refractivity (Wildman–Crippen MR) is 527 cm³/mol. The molecule has 8 heterocycles. The second kappa shape index (κ2) is 50.8. The van der Waals surface area contributed by atoms with Crippen molar-refractivity contribution in [1.29, 1.82) is 0 Å². The van der Waals surface area contributed by atoms with Gasteiger partial charge in [0.25, 0.3) is 0 Å². The molecule has 131 heavy (non-hydrogen) atoms. The van der Waals surface area contributed by atoms with E-state index < -0.39 is 0 Å². The van der Waals surface area contributed by atoms with Crippen molar-refractivity contribution in [3.05, 3.63) is 367 Å². The maximum absolute atomic E-state index is 14.7. The zero-order chi connectivity index (χ0) is 91.5. The lowest BCUT2D eigenvalue weighted by Gasteiger charge is -2.37. The fourth-order valence-corrected chi connectivity index (χ4v) is 17.3. The van der Waals surface area contributed by atoms with Crippen LogP contribution in [0.25, 0.3) is 45.0 Å². The maximum atomic E-state index is 14.7. The highest BCUT2D eigenvalue weighted by Gasteiger charge is 2.25. The molecule has 18 nitrogen and oxygen atoms in total. The van der Waals surface area contributed by atoms with Gasteiger partial charge in [-0.25, -0.2) is 44.3 Å². The van der Waals surface area contributed by atoms with E-state index in [9.17, 15) is 24.8 Å². The first-order valence-corrected chi connectivity index (χ1v) is 47.3. The van der Waals surface area contributed by atoms with Gasteiger partial charge in [0.05, 0.1) is 42.9 Å². The zero-order valence-electron chi connectivity index (χ0n) is 74.9. The number of nitrogens with one attached hydrogen (secondary N) is 2. The van der Waals surface area contributed by atoms with Crippen LogP contribution in [0.2, 0.25) is 20.1 Å². The molecule has 2 aliphatic rings. The first-order valence-electron chi connectivity index (χ1n) is 45.8. The lowest BCUT2D eigenvalue weighted by atomic mass is 10.0. The van der Waals surface area contributed by atoms with Crippen LogP contribution in [0.15, 0.2) is 262 Å². The van der Waals surface area contributed by atoms with Crippen LogP contribution in [0, 0.1) is 5.82 Å². The molecule has 2 saturated heterocycles. The fourth-order valence-electron chi connectivity index (χ4n) is 16.5. The van der Waals surface area contributed by atoms with E-state index in [0.717, 1.165) is 247 Å². The van der Waals surface area contributed by atoms with Crippen molar-refractivity contribution >= 4 is 46.4 Å². The molecule has 8 aromatic carbocycles. The van der Waals surface area contributed by atoms with Crippen molar-refractivity contribution < 1.29 is 24.8 Å². The lowest BCUT2D eigenvalue weighted by molar-refractivity contribution is 0.139. The Bertz CT molecular complexity index is 5750. The Kier molecular flexibility index (Phi) is 37.6. The van der Waals surface area contributed by atoms with Gasteiger partial charge in [-0.3, -0.25) is 19.8 Å². The summed E-state index contributed by atoms with van der Waals surface area (Å²) in [5, 5.41) is 46.7. The molecule has 0 saturated carbocycles. The molecule has 3 atom stereocenters. The lowest BCUT2D eigenvalue weighted by Crippen LogP contribution is -2.53.